The normalized spacial score (nSPS) is 11.5. The van der Waals surface area contributed by atoms with Crippen LogP contribution in [0.2, 0.25) is 0 Å². The second-order valence-corrected chi connectivity index (χ2v) is 8.12. The van der Waals surface area contributed by atoms with Gasteiger partial charge in [-0.2, -0.15) is 0 Å². The van der Waals surface area contributed by atoms with Crippen molar-refractivity contribution >= 4 is 54.5 Å². The number of sulfonamides is 1. The number of thiophene rings is 1. The molecule has 0 aliphatic heterocycles. The summed E-state index contributed by atoms with van der Waals surface area (Å²) in [6.07, 6.45) is 0. The van der Waals surface area contributed by atoms with Crippen molar-refractivity contribution in [2.24, 2.45) is 5.73 Å². The van der Waals surface area contributed by atoms with Crippen molar-refractivity contribution in [3.05, 3.63) is 50.4 Å². The van der Waals surface area contributed by atoms with E-state index in [0.717, 1.165) is 15.4 Å². The van der Waals surface area contributed by atoms with Crippen molar-refractivity contribution in [2.45, 2.75) is 11.4 Å². The lowest BCUT2D eigenvalue weighted by Crippen LogP contribution is -2.26. The minimum absolute atomic E-state index is 0.103. The molecule has 0 unspecified atom stereocenters. The van der Waals surface area contributed by atoms with E-state index >= 15 is 0 Å². The summed E-state index contributed by atoms with van der Waals surface area (Å²) in [7, 11) is -3.91. The first kappa shape index (κ1) is 16.5. The topological polar surface area (TPSA) is 72.2 Å². The maximum atomic E-state index is 13.7. The number of thiocarbonyl (C=S) groups is 1. The first-order chi connectivity index (χ1) is 9.81. The Balaban J connectivity index is 2.32. The molecule has 1 aromatic heterocycles. The highest BCUT2D eigenvalue weighted by Gasteiger charge is 2.22. The molecule has 112 valence electrons. The van der Waals surface area contributed by atoms with Crippen LogP contribution >= 0.6 is 39.5 Å². The van der Waals surface area contributed by atoms with E-state index < -0.39 is 15.8 Å². The van der Waals surface area contributed by atoms with Gasteiger partial charge in [0.1, 0.15) is 10.8 Å². The molecular formula is C12H10BrFN2O2S3. The Morgan fingerprint density at radius 2 is 2.19 bits per heavy atom. The molecule has 0 saturated carbocycles. The van der Waals surface area contributed by atoms with Gasteiger partial charge in [0.05, 0.1) is 10.5 Å². The molecule has 0 aliphatic rings. The fourth-order valence-electron chi connectivity index (χ4n) is 1.66. The van der Waals surface area contributed by atoms with E-state index in [1.165, 1.54) is 23.5 Å². The van der Waals surface area contributed by atoms with E-state index in [2.05, 4.69) is 20.7 Å². The van der Waals surface area contributed by atoms with Gasteiger partial charge in [-0.3, -0.25) is 0 Å². The van der Waals surface area contributed by atoms with Crippen LogP contribution < -0.4 is 10.5 Å². The SMILES string of the molecule is NC(=S)c1c(F)cccc1S(=O)(=O)NCc1cc(Br)cs1. The lowest BCUT2D eigenvalue weighted by Gasteiger charge is -2.10. The van der Waals surface area contributed by atoms with Crippen molar-refractivity contribution in [2.75, 3.05) is 0 Å². The van der Waals surface area contributed by atoms with Gasteiger partial charge in [0.15, 0.2) is 0 Å². The summed E-state index contributed by atoms with van der Waals surface area (Å²) in [5.74, 6) is -0.760. The molecule has 2 rings (SSSR count). The van der Waals surface area contributed by atoms with E-state index in [0.29, 0.717) is 0 Å². The molecular weight excluding hydrogens is 399 g/mol. The number of nitrogens with two attached hydrogens (primary N) is 1. The molecule has 1 heterocycles. The average molecular weight is 409 g/mol. The maximum Gasteiger partial charge on any atom is 0.241 e. The first-order valence-electron chi connectivity index (χ1n) is 5.62. The average Bonchev–Trinajstić information content (AvgIpc) is 2.82. The third kappa shape index (κ3) is 3.86. The van der Waals surface area contributed by atoms with Crippen LogP contribution in [0.3, 0.4) is 0 Å². The summed E-state index contributed by atoms with van der Waals surface area (Å²) in [6, 6.07) is 5.48. The minimum Gasteiger partial charge on any atom is -0.389 e. The molecule has 0 spiro atoms. The Kier molecular flexibility index (Phi) is 5.10. The van der Waals surface area contributed by atoms with E-state index in [1.807, 2.05) is 5.38 Å². The number of rotatable bonds is 5. The summed E-state index contributed by atoms with van der Waals surface area (Å²) in [4.78, 5) is 0.261. The highest BCUT2D eigenvalue weighted by molar-refractivity contribution is 9.10. The molecule has 0 amide bonds. The zero-order valence-corrected chi connectivity index (χ0v) is 14.5. The van der Waals surface area contributed by atoms with Crippen LogP contribution in [0.1, 0.15) is 10.4 Å². The van der Waals surface area contributed by atoms with Crippen molar-refractivity contribution in [3.63, 3.8) is 0 Å². The van der Waals surface area contributed by atoms with Crippen LogP contribution in [0, 0.1) is 5.82 Å². The lowest BCUT2D eigenvalue weighted by molar-refractivity contribution is 0.577. The Morgan fingerprint density at radius 3 is 2.76 bits per heavy atom. The quantitative estimate of drug-likeness (QED) is 0.745. The van der Waals surface area contributed by atoms with Gasteiger partial charge in [-0.15, -0.1) is 11.3 Å². The van der Waals surface area contributed by atoms with Gasteiger partial charge in [0.25, 0.3) is 0 Å². The van der Waals surface area contributed by atoms with E-state index in [1.54, 1.807) is 6.07 Å². The third-order valence-electron chi connectivity index (χ3n) is 2.57. The van der Waals surface area contributed by atoms with Crippen molar-refractivity contribution in [1.29, 1.82) is 0 Å². The number of nitrogens with one attached hydrogen (secondary N) is 1. The summed E-state index contributed by atoms with van der Waals surface area (Å²) >= 11 is 9.42. The summed E-state index contributed by atoms with van der Waals surface area (Å²) in [5.41, 5.74) is 5.15. The number of halogens is 2. The predicted octanol–water partition coefficient (Wildman–Crippen LogP) is 2.76. The van der Waals surface area contributed by atoms with Gasteiger partial charge in [0, 0.05) is 21.3 Å². The standard InChI is InChI=1S/C12H10BrFN2O2S3/c13-7-4-8(20-6-7)5-16-21(17,18)10-3-1-2-9(14)11(10)12(15)19/h1-4,6,16H,5H2,(H2,15,19). The van der Waals surface area contributed by atoms with E-state index in [9.17, 15) is 12.8 Å². The smallest absolute Gasteiger partial charge is 0.241 e. The van der Waals surface area contributed by atoms with Gasteiger partial charge in [-0.1, -0.05) is 18.3 Å². The molecule has 21 heavy (non-hydrogen) atoms. The third-order valence-corrected chi connectivity index (χ3v) is 5.91. The second kappa shape index (κ2) is 6.49. The van der Waals surface area contributed by atoms with Crippen LogP contribution in [-0.4, -0.2) is 13.4 Å². The molecule has 4 nitrogen and oxygen atoms in total. The van der Waals surface area contributed by atoms with Gasteiger partial charge < -0.3 is 5.73 Å². The monoisotopic (exact) mass is 408 g/mol. The fourth-order valence-corrected chi connectivity index (χ4v) is 4.65. The molecule has 0 bridgehead atoms. The molecule has 0 aliphatic carbocycles. The molecule has 3 N–H and O–H groups in total. The van der Waals surface area contributed by atoms with Crippen LogP contribution in [-0.2, 0) is 16.6 Å². The molecule has 0 saturated heterocycles. The van der Waals surface area contributed by atoms with Gasteiger partial charge in [-0.25, -0.2) is 17.5 Å². The molecule has 0 radical (unpaired) electrons. The van der Waals surface area contributed by atoms with E-state index in [4.69, 9.17) is 18.0 Å². The number of hydrogen-bond donors (Lipinski definition) is 2. The second-order valence-electron chi connectivity index (χ2n) is 4.03. The van der Waals surface area contributed by atoms with Crippen molar-refractivity contribution in [3.8, 4) is 0 Å². The predicted molar refractivity (Wildman–Crippen MR) is 88.3 cm³/mol. The Labute approximate surface area is 139 Å². The Morgan fingerprint density at radius 1 is 1.48 bits per heavy atom. The maximum absolute atomic E-state index is 13.7. The van der Waals surface area contributed by atoms with Gasteiger partial charge in [0.2, 0.25) is 10.0 Å². The highest BCUT2D eigenvalue weighted by Crippen LogP contribution is 2.22. The molecule has 0 atom stereocenters. The van der Waals surface area contributed by atoms with E-state index in [-0.39, 0.29) is 22.0 Å². The van der Waals surface area contributed by atoms with Gasteiger partial charge >= 0.3 is 0 Å². The molecule has 1 aromatic carbocycles. The zero-order valence-electron chi connectivity index (χ0n) is 10.5. The van der Waals surface area contributed by atoms with Crippen molar-refractivity contribution in [1.82, 2.24) is 4.72 Å². The van der Waals surface area contributed by atoms with Crippen LogP contribution in [0.15, 0.2) is 39.0 Å². The largest absolute Gasteiger partial charge is 0.389 e. The number of hydrogen-bond acceptors (Lipinski definition) is 4. The number of benzene rings is 1. The molecule has 0 fully saturated rings. The van der Waals surface area contributed by atoms with Crippen LogP contribution in [0.25, 0.3) is 0 Å². The summed E-state index contributed by atoms with van der Waals surface area (Å²) in [6.45, 7) is 0.103. The Hall–Kier alpha value is -0.870. The molecule has 2 aromatic rings. The zero-order chi connectivity index (χ0) is 15.6. The fraction of sp³-hybridized carbons (Fsp3) is 0.0833. The molecule has 9 heteroatoms. The summed E-state index contributed by atoms with van der Waals surface area (Å²) in [5, 5.41) is 1.84. The lowest BCUT2D eigenvalue weighted by atomic mass is 10.2. The van der Waals surface area contributed by atoms with Crippen LogP contribution in [0.5, 0.6) is 0 Å². The van der Waals surface area contributed by atoms with Crippen LogP contribution in [0.4, 0.5) is 4.39 Å². The van der Waals surface area contributed by atoms with Gasteiger partial charge in [-0.05, 0) is 34.1 Å². The van der Waals surface area contributed by atoms with Crippen molar-refractivity contribution < 1.29 is 12.8 Å². The first-order valence-corrected chi connectivity index (χ1v) is 9.18. The highest BCUT2D eigenvalue weighted by atomic mass is 79.9. The summed E-state index contributed by atoms with van der Waals surface area (Å²) < 4.78 is 41.6. The Bertz CT molecular complexity index is 790. The minimum atomic E-state index is -3.91.